The minimum Gasteiger partial charge on any atom is -0.468 e. The molecule has 3 aromatic rings. The second-order valence-corrected chi connectivity index (χ2v) is 7.22. The molecule has 0 fully saturated rings. The molecule has 2 N–H and O–H groups in total. The van der Waals surface area contributed by atoms with Gasteiger partial charge in [0.15, 0.2) is 0 Å². The number of hydrogen-bond acceptors (Lipinski definition) is 6. The molecule has 26 heavy (non-hydrogen) atoms. The zero-order valence-electron chi connectivity index (χ0n) is 14.1. The van der Waals surface area contributed by atoms with E-state index in [0.717, 1.165) is 5.56 Å². The summed E-state index contributed by atoms with van der Waals surface area (Å²) in [6, 6.07) is 15.4. The third-order valence-electron chi connectivity index (χ3n) is 3.60. The maximum Gasteiger partial charge on any atom is 0.240 e. The molecule has 0 unspecified atom stereocenters. The molecule has 3 rings (SSSR count). The number of pyridine rings is 1. The smallest absolute Gasteiger partial charge is 0.240 e. The van der Waals surface area contributed by atoms with E-state index >= 15 is 0 Å². The van der Waals surface area contributed by atoms with E-state index in [1.54, 1.807) is 48.7 Å². The molecule has 7 nitrogen and oxygen atoms in total. The van der Waals surface area contributed by atoms with Crippen molar-refractivity contribution in [3.8, 4) is 0 Å². The number of hydrazone groups is 1. The van der Waals surface area contributed by atoms with Crippen LogP contribution in [0.15, 0.2) is 81.5 Å². The predicted octanol–water partition coefficient (Wildman–Crippen LogP) is 2.99. The molecule has 0 saturated heterocycles. The molecule has 134 valence electrons. The zero-order chi connectivity index (χ0) is 18.4. The highest BCUT2D eigenvalue weighted by Crippen LogP contribution is 2.13. The lowest BCUT2D eigenvalue weighted by Gasteiger charge is -2.07. The Labute approximate surface area is 151 Å². The SMILES string of the molecule is C/C(=N\Nc1ccccn1)c1ccc(S(=O)(=O)NCc2ccco2)cc1. The second-order valence-electron chi connectivity index (χ2n) is 5.45. The highest BCUT2D eigenvalue weighted by atomic mass is 32.2. The summed E-state index contributed by atoms with van der Waals surface area (Å²) < 4.78 is 32.3. The van der Waals surface area contributed by atoms with Crippen molar-refractivity contribution in [1.29, 1.82) is 0 Å². The second kappa shape index (κ2) is 7.94. The van der Waals surface area contributed by atoms with Gasteiger partial charge in [0.25, 0.3) is 0 Å². The van der Waals surface area contributed by atoms with Crippen molar-refractivity contribution in [2.24, 2.45) is 5.10 Å². The lowest BCUT2D eigenvalue weighted by atomic mass is 10.1. The quantitative estimate of drug-likeness (QED) is 0.492. The molecule has 0 amide bonds. The van der Waals surface area contributed by atoms with Crippen LogP contribution in [-0.4, -0.2) is 19.1 Å². The first kappa shape index (κ1) is 17.8. The lowest BCUT2D eigenvalue weighted by molar-refractivity contribution is 0.498. The van der Waals surface area contributed by atoms with Gasteiger partial charge in [-0.3, -0.25) is 5.43 Å². The molecule has 0 aliphatic rings. The van der Waals surface area contributed by atoms with E-state index in [9.17, 15) is 8.42 Å². The molecule has 0 spiro atoms. The van der Waals surface area contributed by atoms with Crippen molar-refractivity contribution in [1.82, 2.24) is 9.71 Å². The van der Waals surface area contributed by atoms with Crippen LogP contribution in [0.2, 0.25) is 0 Å². The fraction of sp³-hybridized carbons (Fsp3) is 0.111. The van der Waals surface area contributed by atoms with Gasteiger partial charge < -0.3 is 4.42 Å². The first-order valence-corrected chi connectivity index (χ1v) is 9.37. The van der Waals surface area contributed by atoms with E-state index in [0.29, 0.717) is 17.3 Å². The summed E-state index contributed by atoms with van der Waals surface area (Å²) in [5.74, 6) is 1.18. The van der Waals surface area contributed by atoms with E-state index in [1.807, 2.05) is 19.1 Å². The van der Waals surface area contributed by atoms with E-state index in [2.05, 4.69) is 20.2 Å². The van der Waals surface area contributed by atoms with Crippen LogP contribution in [0.5, 0.6) is 0 Å². The summed E-state index contributed by atoms with van der Waals surface area (Å²) in [7, 11) is -3.61. The van der Waals surface area contributed by atoms with Crippen LogP contribution in [0.1, 0.15) is 18.2 Å². The standard InChI is InChI=1S/C18H18N4O3S/c1-14(21-22-18-6-2-3-11-19-18)15-7-9-17(10-8-15)26(23,24)20-13-16-5-4-12-25-16/h2-12,20H,13H2,1H3,(H,19,22)/b21-14+. The molecule has 2 aromatic heterocycles. The summed E-state index contributed by atoms with van der Waals surface area (Å²) in [6.07, 6.45) is 3.17. The lowest BCUT2D eigenvalue weighted by Crippen LogP contribution is -2.23. The normalized spacial score (nSPS) is 12.1. The Morgan fingerprint density at radius 1 is 1.12 bits per heavy atom. The molecule has 0 atom stereocenters. The number of nitrogens with zero attached hydrogens (tertiary/aromatic N) is 2. The molecule has 2 heterocycles. The van der Waals surface area contributed by atoms with Gasteiger partial charge in [0.2, 0.25) is 10.0 Å². The maximum absolute atomic E-state index is 12.3. The van der Waals surface area contributed by atoms with Crippen LogP contribution in [0.3, 0.4) is 0 Å². The molecule has 0 bridgehead atoms. The maximum atomic E-state index is 12.3. The third kappa shape index (κ3) is 4.56. The fourth-order valence-corrected chi connectivity index (χ4v) is 3.17. The molecule has 0 aliphatic carbocycles. The molecule has 8 heteroatoms. The first-order valence-electron chi connectivity index (χ1n) is 7.88. The average Bonchev–Trinajstić information content (AvgIpc) is 3.19. The summed E-state index contributed by atoms with van der Waals surface area (Å²) in [6.45, 7) is 1.93. The van der Waals surface area contributed by atoms with E-state index in [-0.39, 0.29) is 11.4 Å². The number of furan rings is 1. The first-order chi connectivity index (χ1) is 12.5. The Bertz CT molecular complexity index is 967. The Balaban J connectivity index is 1.67. The van der Waals surface area contributed by atoms with Crippen LogP contribution in [0, 0.1) is 0 Å². The van der Waals surface area contributed by atoms with E-state index in [4.69, 9.17) is 4.42 Å². The number of sulfonamides is 1. The molecule has 0 aliphatic heterocycles. The summed E-state index contributed by atoms with van der Waals surface area (Å²) in [4.78, 5) is 4.30. The van der Waals surface area contributed by atoms with Crippen molar-refractivity contribution in [2.45, 2.75) is 18.4 Å². The van der Waals surface area contributed by atoms with E-state index < -0.39 is 10.0 Å². The molecular weight excluding hydrogens is 352 g/mol. The Hall–Kier alpha value is -2.97. The van der Waals surface area contributed by atoms with Gasteiger partial charge in [-0.1, -0.05) is 18.2 Å². The van der Waals surface area contributed by atoms with E-state index in [1.165, 1.54) is 6.26 Å². The van der Waals surface area contributed by atoms with Gasteiger partial charge in [0.1, 0.15) is 11.6 Å². The largest absolute Gasteiger partial charge is 0.468 e. The van der Waals surface area contributed by atoms with Crippen LogP contribution < -0.4 is 10.1 Å². The topological polar surface area (TPSA) is 96.6 Å². The molecular formula is C18H18N4O3S. The van der Waals surface area contributed by atoms with Gasteiger partial charge in [0, 0.05) is 6.20 Å². The zero-order valence-corrected chi connectivity index (χ0v) is 14.9. The Morgan fingerprint density at radius 3 is 2.58 bits per heavy atom. The predicted molar refractivity (Wildman–Crippen MR) is 99.2 cm³/mol. The van der Waals surface area contributed by atoms with Crippen LogP contribution in [0.4, 0.5) is 5.82 Å². The summed E-state index contributed by atoms with van der Waals surface area (Å²) >= 11 is 0. The van der Waals surface area contributed by atoms with Gasteiger partial charge in [0.05, 0.1) is 23.4 Å². The van der Waals surface area contributed by atoms with Crippen LogP contribution >= 0.6 is 0 Å². The molecule has 1 aromatic carbocycles. The number of aromatic nitrogens is 1. The number of nitrogens with one attached hydrogen (secondary N) is 2. The van der Waals surface area contributed by atoms with Crippen molar-refractivity contribution in [2.75, 3.05) is 5.43 Å². The van der Waals surface area contributed by atoms with Crippen molar-refractivity contribution < 1.29 is 12.8 Å². The number of anilines is 1. The summed E-state index contributed by atoms with van der Waals surface area (Å²) in [5.41, 5.74) is 4.37. The van der Waals surface area contributed by atoms with Crippen LogP contribution in [-0.2, 0) is 16.6 Å². The monoisotopic (exact) mass is 370 g/mol. The number of benzene rings is 1. The van der Waals surface area contributed by atoms with Crippen molar-refractivity contribution in [3.63, 3.8) is 0 Å². The fourth-order valence-electron chi connectivity index (χ4n) is 2.17. The number of hydrogen-bond donors (Lipinski definition) is 2. The van der Waals surface area contributed by atoms with Gasteiger partial charge in [-0.2, -0.15) is 5.10 Å². The van der Waals surface area contributed by atoms with Gasteiger partial charge >= 0.3 is 0 Å². The van der Waals surface area contributed by atoms with Gasteiger partial charge in [-0.15, -0.1) is 0 Å². The van der Waals surface area contributed by atoms with Crippen LogP contribution in [0.25, 0.3) is 0 Å². The molecule has 0 radical (unpaired) electrons. The third-order valence-corrected chi connectivity index (χ3v) is 5.02. The Morgan fingerprint density at radius 2 is 1.92 bits per heavy atom. The van der Waals surface area contributed by atoms with Gasteiger partial charge in [-0.25, -0.2) is 18.1 Å². The van der Waals surface area contributed by atoms with Gasteiger partial charge in [-0.05, 0) is 48.9 Å². The minimum atomic E-state index is -3.61. The average molecular weight is 370 g/mol. The Kier molecular flexibility index (Phi) is 5.45. The number of rotatable bonds is 7. The van der Waals surface area contributed by atoms with Crippen molar-refractivity contribution in [3.05, 3.63) is 78.4 Å². The minimum absolute atomic E-state index is 0.103. The van der Waals surface area contributed by atoms with Crippen molar-refractivity contribution >= 4 is 21.6 Å². The molecule has 0 saturated carbocycles. The summed E-state index contributed by atoms with van der Waals surface area (Å²) in [5, 5.41) is 4.25. The highest BCUT2D eigenvalue weighted by molar-refractivity contribution is 7.89. The highest BCUT2D eigenvalue weighted by Gasteiger charge is 2.14.